The smallest absolute Gasteiger partial charge is 0.252 e. The zero-order chi connectivity index (χ0) is 45.6. The number of carbonyl (C=O) groups excluding carboxylic acids is 5. The minimum Gasteiger partial charge on any atom is -0.394 e. The van der Waals surface area contributed by atoms with Crippen LogP contribution in [-0.4, -0.2) is 151 Å². The van der Waals surface area contributed by atoms with E-state index < -0.39 is 17.1 Å². The molecule has 4 aliphatic rings. The first kappa shape index (κ1) is 51.5. The number of nitrogens with one attached hydrogen (secondary N) is 4. The Kier molecular flexibility index (Phi) is 21.9. The second-order valence-electron chi connectivity index (χ2n) is 17.5. The molecule has 354 valence electrons. The van der Waals surface area contributed by atoms with Crippen LogP contribution in [0, 0.1) is 0 Å². The van der Waals surface area contributed by atoms with Gasteiger partial charge in [0.1, 0.15) is 17.4 Å². The molecule has 6 rings (SSSR count). The van der Waals surface area contributed by atoms with E-state index in [2.05, 4.69) is 31.1 Å². The zero-order valence-corrected chi connectivity index (χ0v) is 39.7. The lowest BCUT2D eigenvalue weighted by Crippen LogP contribution is -2.61. The molecule has 16 heteroatoms. The molecule has 2 aromatic carbocycles. The van der Waals surface area contributed by atoms with Gasteiger partial charge in [-0.3, -0.25) is 29.0 Å². The third-order valence-corrected chi connectivity index (χ3v) is 14.1. The quantitative estimate of drug-likeness (QED) is 0.117. The highest BCUT2D eigenvalue weighted by Gasteiger charge is 2.43. The van der Waals surface area contributed by atoms with E-state index in [0.29, 0.717) is 49.7 Å². The van der Waals surface area contributed by atoms with Gasteiger partial charge in [0.2, 0.25) is 11.8 Å². The summed E-state index contributed by atoms with van der Waals surface area (Å²) in [4.78, 5) is 68.7. The molecule has 2 atom stereocenters. The Morgan fingerprint density at radius 1 is 0.641 bits per heavy atom. The summed E-state index contributed by atoms with van der Waals surface area (Å²) in [6.07, 6.45) is 14.2. The summed E-state index contributed by atoms with van der Waals surface area (Å²) >= 11 is 3.32. The molecule has 64 heavy (non-hydrogen) atoms. The minimum absolute atomic E-state index is 0.0963. The number of amides is 4. The van der Waals surface area contributed by atoms with E-state index in [1.54, 1.807) is 23.5 Å². The Labute approximate surface area is 388 Å². The fourth-order valence-corrected chi connectivity index (χ4v) is 9.79. The van der Waals surface area contributed by atoms with Crippen LogP contribution in [0.4, 0.5) is 0 Å². The van der Waals surface area contributed by atoms with Gasteiger partial charge in [-0.2, -0.15) is 23.5 Å². The summed E-state index contributed by atoms with van der Waals surface area (Å²) < 4.78 is 10.8. The van der Waals surface area contributed by atoms with Crippen molar-refractivity contribution in [3.05, 3.63) is 70.8 Å². The van der Waals surface area contributed by atoms with Gasteiger partial charge in [-0.05, 0) is 97.9 Å². The van der Waals surface area contributed by atoms with E-state index in [4.69, 9.17) is 9.47 Å². The summed E-state index contributed by atoms with van der Waals surface area (Å²) in [6.45, 7) is 8.30. The van der Waals surface area contributed by atoms with Gasteiger partial charge in [-0.25, -0.2) is 0 Å². The molecular weight excluding hydrogens is 853 g/mol. The molecule has 0 spiro atoms. The number of nitrogens with zero attached hydrogens (tertiary/aromatic N) is 2. The molecule has 0 bridgehead atoms. The van der Waals surface area contributed by atoms with Crippen molar-refractivity contribution in [3.8, 4) is 0 Å². The Morgan fingerprint density at radius 2 is 1.05 bits per heavy atom. The first-order valence-corrected chi connectivity index (χ1v) is 26.0. The third-order valence-electron chi connectivity index (χ3n) is 12.8. The molecular formula is C48H72N6O8S2. The van der Waals surface area contributed by atoms with Crippen molar-refractivity contribution in [1.82, 2.24) is 31.1 Å². The monoisotopic (exact) mass is 924 g/mol. The molecule has 0 radical (unpaired) electrons. The van der Waals surface area contributed by atoms with Crippen molar-refractivity contribution in [3.63, 3.8) is 0 Å². The maximum atomic E-state index is 13.2. The van der Waals surface area contributed by atoms with E-state index in [1.807, 2.05) is 61.0 Å². The molecule has 4 amide bonds. The lowest BCUT2D eigenvalue weighted by Gasteiger charge is -2.37. The van der Waals surface area contributed by atoms with Gasteiger partial charge in [0.25, 0.3) is 11.8 Å². The molecule has 14 nitrogen and oxygen atoms in total. The Hall–Kier alpha value is -3.51. The van der Waals surface area contributed by atoms with Gasteiger partial charge < -0.3 is 40.6 Å². The van der Waals surface area contributed by atoms with Gasteiger partial charge in [0.05, 0.1) is 45.1 Å². The number of aldehydes is 1. The topological polar surface area (TPSA) is 179 Å². The van der Waals surface area contributed by atoms with Crippen LogP contribution in [0.5, 0.6) is 0 Å². The highest BCUT2D eigenvalue weighted by molar-refractivity contribution is 7.98. The number of hydrogen-bond acceptors (Lipinski definition) is 12. The van der Waals surface area contributed by atoms with Crippen LogP contribution in [0.25, 0.3) is 0 Å². The van der Waals surface area contributed by atoms with E-state index in [-0.39, 0.29) is 36.3 Å². The van der Waals surface area contributed by atoms with Crippen molar-refractivity contribution < 1.29 is 38.6 Å². The largest absolute Gasteiger partial charge is 0.394 e. The van der Waals surface area contributed by atoms with Crippen molar-refractivity contribution in [2.75, 3.05) is 83.2 Å². The molecule has 5 N–H and O–H groups in total. The molecule has 0 unspecified atom stereocenters. The second kappa shape index (κ2) is 27.2. The van der Waals surface area contributed by atoms with Gasteiger partial charge in [-0.15, -0.1) is 0 Å². The lowest BCUT2D eigenvalue weighted by molar-refractivity contribution is -0.131. The Morgan fingerprint density at radius 3 is 1.44 bits per heavy atom. The summed E-state index contributed by atoms with van der Waals surface area (Å²) in [5.74, 6) is 0.778. The van der Waals surface area contributed by atoms with E-state index in [9.17, 15) is 29.1 Å². The zero-order valence-electron chi connectivity index (χ0n) is 38.0. The standard InChI is InChI=1S/C24H37N3O4S.C24H35N3O4S/c2*1-32-16-9-21(18-28)25-23(30)24(10-3-2-4-11-24)26-22(29)20-7-5-19(6-8-20)17-27-12-14-31-15-13-27/h5-8,21,28H,2-4,9-18H2,1H3,(H,25,30)(H,26,29);5-8,18,21H,2-4,9-17H2,1H3,(H,25,30)(H,26,29)/t2*21-/m00/s1. The molecule has 2 aliphatic heterocycles. The SMILES string of the molecule is CSCC[C@@H](C=O)NC(=O)C1(NC(=O)c2ccc(CN3CCOCC3)cc2)CCCCC1.CSCC[C@@H](CO)NC(=O)C1(NC(=O)c2ccc(CN3CCOCC3)cc2)CCCCC1. The molecule has 2 aromatic rings. The molecule has 2 heterocycles. The first-order chi connectivity index (χ1) is 31.1. The third kappa shape index (κ3) is 15.8. The number of hydrogen-bond donors (Lipinski definition) is 5. The van der Waals surface area contributed by atoms with Crippen molar-refractivity contribution >= 4 is 53.4 Å². The number of aliphatic hydroxyl groups is 1. The second-order valence-corrected chi connectivity index (χ2v) is 19.5. The lowest BCUT2D eigenvalue weighted by atomic mass is 9.80. The van der Waals surface area contributed by atoms with Crippen LogP contribution in [0.2, 0.25) is 0 Å². The molecule has 2 saturated heterocycles. The summed E-state index contributed by atoms with van der Waals surface area (Å²) in [5.41, 5.74) is 1.55. The average molecular weight is 925 g/mol. The van der Waals surface area contributed by atoms with Crippen molar-refractivity contribution in [2.45, 2.75) is 113 Å². The molecule has 2 saturated carbocycles. The number of aliphatic hydroxyl groups excluding tert-OH is 1. The number of benzene rings is 2. The van der Waals surface area contributed by atoms with E-state index >= 15 is 0 Å². The van der Waals surface area contributed by atoms with Crippen molar-refractivity contribution in [1.29, 1.82) is 0 Å². The average Bonchev–Trinajstić information content (AvgIpc) is 3.33. The number of rotatable bonds is 20. The fourth-order valence-electron chi connectivity index (χ4n) is 8.78. The normalized spacial score (nSPS) is 19.7. The molecule has 4 fully saturated rings. The van der Waals surface area contributed by atoms with Crippen LogP contribution in [0.15, 0.2) is 48.5 Å². The minimum atomic E-state index is -0.956. The van der Waals surface area contributed by atoms with E-state index in [1.165, 1.54) is 0 Å². The highest BCUT2D eigenvalue weighted by Crippen LogP contribution is 2.31. The number of thioether (sulfide) groups is 2. The predicted octanol–water partition coefficient (Wildman–Crippen LogP) is 4.57. The summed E-state index contributed by atoms with van der Waals surface area (Å²) in [6, 6.07) is 14.5. The summed E-state index contributed by atoms with van der Waals surface area (Å²) in [7, 11) is 0. The van der Waals surface area contributed by atoms with Crippen molar-refractivity contribution in [2.24, 2.45) is 0 Å². The highest BCUT2D eigenvalue weighted by atomic mass is 32.2. The van der Waals surface area contributed by atoms with Gasteiger partial charge in [-0.1, -0.05) is 62.8 Å². The van der Waals surface area contributed by atoms with Crippen LogP contribution in [0.3, 0.4) is 0 Å². The molecule has 0 aromatic heterocycles. The van der Waals surface area contributed by atoms with Gasteiger partial charge in [0, 0.05) is 50.4 Å². The fraction of sp³-hybridized carbons (Fsp3) is 0.646. The van der Waals surface area contributed by atoms with Gasteiger partial charge >= 0.3 is 0 Å². The van der Waals surface area contributed by atoms with Crippen LogP contribution >= 0.6 is 23.5 Å². The van der Waals surface area contributed by atoms with E-state index in [0.717, 1.165) is 133 Å². The predicted molar refractivity (Wildman–Crippen MR) is 255 cm³/mol. The maximum absolute atomic E-state index is 13.2. The Balaban J connectivity index is 0.000000241. The van der Waals surface area contributed by atoms with Gasteiger partial charge in [0.15, 0.2) is 0 Å². The number of morpholine rings is 2. The van der Waals surface area contributed by atoms with Crippen LogP contribution < -0.4 is 21.3 Å². The first-order valence-electron chi connectivity index (χ1n) is 23.2. The number of ether oxygens (including phenoxy) is 2. The summed E-state index contributed by atoms with van der Waals surface area (Å²) in [5, 5.41) is 21.6. The number of carbonyl (C=O) groups is 5. The maximum Gasteiger partial charge on any atom is 0.252 e. The van der Waals surface area contributed by atoms with Crippen LogP contribution in [0.1, 0.15) is 109 Å². The van der Waals surface area contributed by atoms with Crippen LogP contribution in [-0.2, 0) is 36.9 Å². The molecule has 2 aliphatic carbocycles. The Bertz CT molecular complexity index is 1750.